The van der Waals surface area contributed by atoms with Gasteiger partial charge in [0.25, 0.3) is 0 Å². The lowest BCUT2D eigenvalue weighted by molar-refractivity contribution is 0.0899. The molecule has 1 N–H and O–H groups in total. The summed E-state index contributed by atoms with van der Waals surface area (Å²) in [7, 11) is 0. The predicted octanol–water partition coefficient (Wildman–Crippen LogP) is 3.27. The Morgan fingerprint density at radius 1 is 1.41 bits per heavy atom. The number of thiophene rings is 1. The number of carbonyl (C=O) groups excluding carboxylic acids is 1. The zero-order valence-corrected chi connectivity index (χ0v) is 11.3. The zero-order valence-electron chi connectivity index (χ0n) is 10.5. The van der Waals surface area contributed by atoms with E-state index in [0.29, 0.717) is 5.78 Å². The van der Waals surface area contributed by atoms with Crippen LogP contribution in [-0.4, -0.2) is 18.9 Å². The molecular formula is C14H21NOS. The summed E-state index contributed by atoms with van der Waals surface area (Å²) in [6, 6.07) is 4.16. The Morgan fingerprint density at radius 3 is 2.88 bits per heavy atom. The first-order valence-corrected chi connectivity index (χ1v) is 7.46. The maximum absolute atomic E-state index is 12.3. The molecule has 0 bridgehead atoms. The fourth-order valence-electron chi connectivity index (χ4n) is 2.28. The van der Waals surface area contributed by atoms with Gasteiger partial charge in [-0.25, -0.2) is 0 Å². The van der Waals surface area contributed by atoms with Gasteiger partial charge in [-0.15, -0.1) is 11.3 Å². The quantitative estimate of drug-likeness (QED) is 0.814. The highest BCUT2D eigenvalue weighted by molar-refractivity contribution is 7.14. The molecule has 1 saturated heterocycles. The van der Waals surface area contributed by atoms with E-state index in [4.69, 9.17) is 0 Å². The van der Waals surface area contributed by atoms with E-state index in [9.17, 15) is 4.79 Å². The van der Waals surface area contributed by atoms with E-state index in [1.807, 2.05) is 6.07 Å². The molecule has 17 heavy (non-hydrogen) atoms. The monoisotopic (exact) mass is 251 g/mol. The number of hydrogen-bond donors (Lipinski definition) is 1. The molecule has 0 amide bonds. The minimum atomic E-state index is 0.258. The fraction of sp³-hybridized carbons (Fsp3) is 0.643. The van der Waals surface area contributed by atoms with Gasteiger partial charge >= 0.3 is 0 Å². The maximum Gasteiger partial charge on any atom is 0.175 e. The minimum Gasteiger partial charge on any atom is -0.317 e. The molecule has 0 aromatic carbocycles. The Morgan fingerprint density at radius 2 is 2.18 bits per heavy atom. The average Bonchev–Trinajstić information content (AvgIpc) is 2.85. The zero-order chi connectivity index (χ0) is 12.1. The minimum absolute atomic E-state index is 0.258. The van der Waals surface area contributed by atoms with Crippen LogP contribution in [0.3, 0.4) is 0 Å². The second-order valence-corrected chi connectivity index (χ2v) is 5.93. The third-order valence-corrected chi connectivity index (χ3v) is 4.55. The van der Waals surface area contributed by atoms with Gasteiger partial charge in [-0.3, -0.25) is 4.79 Å². The fourth-order valence-corrected chi connectivity index (χ4v) is 3.35. The van der Waals surface area contributed by atoms with Crippen LogP contribution in [-0.2, 0) is 6.42 Å². The van der Waals surface area contributed by atoms with Gasteiger partial charge in [0.15, 0.2) is 5.78 Å². The molecule has 0 unspecified atom stereocenters. The van der Waals surface area contributed by atoms with Gasteiger partial charge < -0.3 is 5.32 Å². The van der Waals surface area contributed by atoms with Crippen LogP contribution in [0.25, 0.3) is 0 Å². The van der Waals surface area contributed by atoms with Gasteiger partial charge in [-0.05, 0) is 50.9 Å². The van der Waals surface area contributed by atoms with Gasteiger partial charge in [0.1, 0.15) is 0 Å². The number of hydrogen-bond acceptors (Lipinski definition) is 3. The number of aryl methyl sites for hydroxylation is 1. The largest absolute Gasteiger partial charge is 0.317 e. The number of ketones is 1. The number of rotatable bonds is 5. The number of unbranched alkanes of at least 4 members (excludes halogenated alkanes) is 1. The smallest absolute Gasteiger partial charge is 0.175 e. The lowest BCUT2D eigenvalue weighted by atomic mass is 9.93. The second-order valence-electron chi connectivity index (χ2n) is 4.76. The van der Waals surface area contributed by atoms with Crippen molar-refractivity contribution in [1.82, 2.24) is 5.32 Å². The molecule has 2 rings (SSSR count). The topological polar surface area (TPSA) is 29.1 Å². The third-order valence-electron chi connectivity index (χ3n) is 3.39. The van der Waals surface area contributed by atoms with Crippen LogP contribution >= 0.6 is 11.3 Å². The summed E-state index contributed by atoms with van der Waals surface area (Å²) < 4.78 is 0. The summed E-state index contributed by atoms with van der Waals surface area (Å²) in [5.74, 6) is 0.633. The molecule has 94 valence electrons. The Kier molecular flexibility index (Phi) is 4.75. The van der Waals surface area contributed by atoms with Crippen molar-refractivity contribution in [3.63, 3.8) is 0 Å². The van der Waals surface area contributed by atoms with E-state index in [2.05, 4.69) is 18.3 Å². The van der Waals surface area contributed by atoms with E-state index in [0.717, 1.165) is 37.2 Å². The molecule has 1 aromatic rings. The van der Waals surface area contributed by atoms with E-state index in [-0.39, 0.29) is 5.92 Å². The summed E-state index contributed by atoms with van der Waals surface area (Å²) in [4.78, 5) is 14.6. The number of carbonyl (C=O) groups is 1. The van der Waals surface area contributed by atoms with Crippen LogP contribution in [0, 0.1) is 5.92 Å². The summed E-state index contributed by atoms with van der Waals surface area (Å²) in [5.41, 5.74) is 0. The van der Waals surface area contributed by atoms with Gasteiger partial charge in [-0.1, -0.05) is 13.3 Å². The van der Waals surface area contributed by atoms with E-state index in [1.165, 1.54) is 17.7 Å². The molecule has 1 aliphatic rings. The summed E-state index contributed by atoms with van der Waals surface area (Å²) in [6.07, 6.45) is 5.57. The molecule has 2 heterocycles. The molecule has 0 saturated carbocycles. The molecule has 1 aromatic heterocycles. The SMILES string of the molecule is CCCCc1ccc(C(=O)C2CCNCC2)s1. The molecule has 0 spiro atoms. The van der Waals surface area contributed by atoms with Gasteiger partial charge in [0.05, 0.1) is 4.88 Å². The van der Waals surface area contributed by atoms with E-state index >= 15 is 0 Å². The lowest BCUT2D eigenvalue weighted by Crippen LogP contribution is -2.31. The summed E-state index contributed by atoms with van der Waals surface area (Å²) in [5, 5.41) is 3.31. The van der Waals surface area contributed by atoms with Crippen molar-refractivity contribution in [3.8, 4) is 0 Å². The predicted molar refractivity (Wildman–Crippen MR) is 72.9 cm³/mol. The van der Waals surface area contributed by atoms with Crippen molar-refractivity contribution in [2.75, 3.05) is 13.1 Å². The Labute approximate surface area is 107 Å². The molecule has 1 fully saturated rings. The first-order chi connectivity index (χ1) is 8.31. The van der Waals surface area contributed by atoms with Crippen molar-refractivity contribution >= 4 is 17.1 Å². The lowest BCUT2D eigenvalue weighted by Gasteiger charge is -2.20. The molecule has 0 radical (unpaired) electrons. The van der Waals surface area contributed by atoms with E-state index < -0.39 is 0 Å². The Balaban J connectivity index is 1.96. The summed E-state index contributed by atoms with van der Waals surface area (Å²) in [6.45, 7) is 4.18. The highest BCUT2D eigenvalue weighted by atomic mass is 32.1. The number of Topliss-reactive ketones (excluding diaryl/α,β-unsaturated/α-hetero) is 1. The van der Waals surface area contributed by atoms with Crippen LogP contribution in [0.15, 0.2) is 12.1 Å². The molecule has 0 aliphatic carbocycles. The van der Waals surface area contributed by atoms with Gasteiger partial charge in [0, 0.05) is 10.8 Å². The van der Waals surface area contributed by atoms with Crippen LogP contribution in [0.4, 0.5) is 0 Å². The third kappa shape index (κ3) is 3.39. The molecule has 2 nitrogen and oxygen atoms in total. The van der Waals surface area contributed by atoms with Crippen LogP contribution in [0.5, 0.6) is 0 Å². The first kappa shape index (κ1) is 12.8. The molecule has 1 aliphatic heterocycles. The second kappa shape index (κ2) is 6.31. The molecule has 3 heteroatoms. The molecule has 0 atom stereocenters. The number of nitrogens with one attached hydrogen (secondary N) is 1. The number of piperidine rings is 1. The van der Waals surface area contributed by atoms with Gasteiger partial charge in [-0.2, -0.15) is 0 Å². The van der Waals surface area contributed by atoms with E-state index in [1.54, 1.807) is 11.3 Å². The first-order valence-electron chi connectivity index (χ1n) is 6.65. The maximum atomic E-state index is 12.3. The van der Waals surface area contributed by atoms with Crippen molar-refractivity contribution in [1.29, 1.82) is 0 Å². The standard InChI is InChI=1S/C14H21NOS/c1-2-3-4-12-5-6-13(17-12)14(16)11-7-9-15-10-8-11/h5-6,11,15H,2-4,7-10H2,1H3. The van der Waals surface area contributed by atoms with Crippen molar-refractivity contribution in [2.45, 2.75) is 39.0 Å². The Hall–Kier alpha value is -0.670. The normalized spacial score (nSPS) is 17.2. The highest BCUT2D eigenvalue weighted by Crippen LogP contribution is 2.24. The van der Waals surface area contributed by atoms with Crippen LogP contribution in [0.2, 0.25) is 0 Å². The Bertz CT molecular complexity index is 366. The van der Waals surface area contributed by atoms with Crippen LogP contribution in [0.1, 0.15) is 47.2 Å². The summed E-state index contributed by atoms with van der Waals surface area (Å²) >= 11 is 1.70. The highest BCUT2D eigenvalue weighted by Gasteiger charge is 2.23. The van der Waals surface area contributed by atoms with Crippen molar-refractivity contribution in [3.05, 3.63) is 21.9 Å². The van der Waals surface area contributed by atoms with Crippen molar-refractivity contribution < 1.29 is 4.79 Å². The average molecular weight is 251 g/mol. The molecular weight excluding hydrogens is 230 g/mol. The van der Waals surface area contributed by atoms with Crippen LogP contribution < -0.4 is 5.32 Å². The van der Waals surface area contributed by atoms with Crippen molar-refractivity contribution in [2.24, 2.45) is 5.92 Å². The van der Waals surface area contributed by atoms with Gasteiger partial charge in [0.2, 0.25) is 0 Å².